The predicted molar refractivity (Wildman–Crippen MR) is 127 cm³/mol. The van der Waals surface area contributed by atoms with Gasteiger partial charge in [-0.1, -0.05) is 24.3 Å². The van der Waals surface area contributed by atoms with Gasteiger partial charge >= 0.3 is 0 Å². The van der Waals surface area contributed by atoms with Gasteiger partial charge in [0.1, 0.15) is 5.75 Å². The lowest BCUT2D eigenvalue weighted by molar-refractivity contribution is -0.133. The third kappa shape index (κ3) is 6.63. The first-order chi connectivity index (χ1) is 16.0. The molecule has 0 radical (unpaired) electrons. The Hall–Kier alpha value is -3.22. The molecule has 7 nitrogen and oxygen atoms in total. The van der Waals surface area contributed by atoms with Crippen LogP contribution >= 0.6 is 0 Å². The van der Waals surface area contributed by atoms with E-state index in [0.29, 0.717) is 63.4 Å². The Morgan fingerprint density at radius 2 is 1.39 bits per heavy atom. The summed E-state index contributed by atoms with van der Waals surface area (Å²) in [5.41, 5.74) is 2.07. The number of rotatable bonds is 9. The standard InChI is InChI=1S/C26H34N2O5/c1-31-22-12-8-20(9-13-22)10-14-24(29)27-16-5-17-28(19-18-27)25(30)15-11-21-6-4-7-23(32-2)26(21)33-3/h4,6-9,12-13H,5,10-11,14-19H2,1-3H3. The van der Waals surface area contributed by atoms with Crippen molar-refractivity contribution < 1.29 is 23.8 Å². The molecule has 33 heavy (non-hydrogen) atoms. The van der Waals surface area contributed by atoms with Crippen molar-refractivity contribution in [2.45, 2.75) is 32.1 Å². The molecule has 1 heterocycles. The van der Waals surface area contributed by atoms with E-state index in [4.69, 9.17) is 14.2 Å². The molecular formula is C26H34N2O5. The van der Waals surface area contributed by atoms with Crippen LogP contribution in [0.1, 0.15) is 30.4 Å². The second-order valence-corrected chi connectivity index (χ2v) is 8.12. The first kappa shape index (κ1) is 24.4. The zero-order valence-corrected chi connectivity index (χ0v) is 19.8. The van der Waals surface area contributed by atoms with Gasteiger partial charge in [0.2, 0.25) is 11.8 Å². The number of methoxy groups -OCH3 is 3. The second-order valence-electron chi connectivity index (χ2n) is 8.12. The summed E-state index contributed by atoms with van der Waals surface area (Å²) >= 11 is 0. The van der Waals surface area contributed by atoms with Crippen LogP contribution in [0.2, 0.25) is 0 Å². The fourth-order valence-electron chi connectivity index (χ4n) is 4.17. The SMILES string of the molecule is COc1ccc(CCC(=O)N2CCCN(C(=O)CCc3cccc(OC)c3OC)CC2)cc1. The summed E-state index contributed by atoms with van der Waals surface area (Å²) in [7, 11) is 4.86. The largest absolute Gasteiger partial charge is 0.497 e. The Balaban J connectivity index is 1.48. The average molecular weight is 455 g/mol. The third-order valence-electron chi connectivity index (χ3n) is 6.08. The normalized spacial score (nSPS) is 13.9. The van der Waals surface area contributed by atoms with Crippen LogP contribution < -0.4 is 14.2 Å². The predicted octanol–water partition coefficient (Wildman–Crippen LogP) is 3.34. The minimum Gasteiger partial charge on any atom is -0.497 e. The van der Waals surface area contributed by atoms with E-state index in [1.54, 1.807) is 21.3 Å². The number of aryl methyl sites for hydroxylation is 2. The highest BCUT2D eigenvalue weighted by molar-refractivity contribution is 5.78. The quantitative estimate of drug-likeness (QED) is 0.581. The molecule has 0 saturated carbocycles. The van der Waals surface area contributed by atoms with Crippen molar-refractivity contribution in [2.24, 2.45) is 0 Å². The lowest BCUT2D eigenvalue weighted by atomic mass is 10.1. The fraction of sp³-hybridized carbons (Fsp3) is 0.462. The highest BCUT2D eigenvalue weighted by Gasteiger charge is 2.22. The number of ether oxygens (including phenoxy) is 3. The molecule has 2 aromatic carbocycles. The summed E-state index contributed by atoms with van der Waals surface area (Å²) in [6, 6.07) is 13.5. The van der Waals surface area contributed by atoms with Crippen LogP contribution in [-0.2, 0) is 22.4 Å². The van der Waals surface area contributed by atoms with E-state index in [-0.39, 0.29) is 11.8 Å². The first-order valence-corrected chi connectivity index (χ1v) is 11.4. The molecule has 1 saturated heterocycles. The van der Waals surface area contributed by atoms with E-state index < -0.39 is 0 Å². The smallest absolute Gasteiger partial charge is 0.222 e. The van der Waals surface area contributed by atoms with Crippen molar-refractivity contribution in [3.05, 3.63) is 53.6 Å². The second kappa shape index (κ2) is 12.1. The van der Waals surface area contributed by atoms with Crippen LogP contribution in [0.3, 0.4) is 0 Å². The molecular weight excluding hydrogens is 420 g/mol. The number of carbonyl (C=O) groups excluding carboxylic acids is 2. The van der Waals surface area contributed by atoms with Gasteiger partial charge in [-0.2, -0.15) is 0 Å². The van der Waals surface area contributed by atoms with Crippen LogP contribution in [0.4, 0.5) is 0 Å². The summed E-state index contributed by atoms with van der Waals surface area (Å²) in [4.78, 5) is 29.4. The van der Waals surface area contributed by atoms with Crippen molar-refractivity contribution in [2.75, 3.05) is 47.5 Å². The van der Waals surface area contributed by atoms with E-state index in [0.717, 1.165) is 23.3 Å². The minimum absolute atomic E-state index is 0.104. The molecule has 1 fully saturated rings. The minimum atomic E-state index is 0.104. The molecule has 0 N–H and O–H groups in total. The Morgan fingerprint density at radius 3 is 1.97 bits per heavy atom. The van der Waals surface area contributed by atoms with Gasteiger partial charge in [-0.15, -0.1) is 0 Å². The average Bonchev–Trinajstić information content (AvgIpc) is 3.12. The molecule has 0 bridgehead atoms. The number of nitrogens with zero attached hydrogens (tertiary/aromatic N) is 2. The van der Waals surface area contributed by atoms with Crippen LogP contribution in [0, 0.1) is 0 Å². The van der Waals surface area contributed by atoms with Crippen LogP contribution in [-0.4, -0.2) is 69.1 Å². The highest BCUT2D eigenvalue weighted by atomic mass is 16.5. The summed E-state index contributed by atoms with van der Waals surface area (Å²) in [6.07, 6.45) is 2.94. The molecule has 7 heteroatoms. The number of benzene rings is 2. The van der Waals surface area contributed by atoms with Crippen molar-refractivity contribution in [3.8, 4) is 17.2 Å². The molecule has 1 aliphatic rings. The lowest BCUT2D eigenvalue weighted by Crippen LogP contribution is -2.37. The monoisotopic (exact) mass is 454 g/mol. The number of para-hydroxylation sites is 1. The highest BCUT2D eigenvalue weighted by Crippen LogP contribution is 2.31. The molecule has 2 aromatic rings. The van der Waals surface area contributed by atoms with E-state index in [1.165, 1.54) is 0 Å². The Kier molecular flexibility index (Phi) is 8.98. The van der Waals surface area contributed by atoms with E-state index >= 15 is 0 Å². The molecule has 178 valence electrons. The van der Waals surface area contributed by atoms with Gasteiger partial charge < -0.3 is 24.0 Å². The first-order valence-electron chi connectivity index (χ1n) is 11.4. The van der Waals surface area contributed by atoms with Gasteiger partial charge in [-0.3, -0.25) is 9.59 Å². The van der Waals surface area contributed by atoms with Gasteiger partial charge in [-0.25, -0.2) is 0 Å². The van der Waals surface area contributed by atoms with Crippen molar-refractivity contribution >= 4 is 11.8 Å². The van der Waals surface area contributed by atoms with Crippen molar-refractivity contribution in [1.82, 2.24) is 9.80 Å². The van der Waals surface area contributed by atoms with E-state index in [1.807, 2.05) is 52.3 Å². The fourth-order valence-corrected chi connectivity index (χ4v) is 4.17. The summed E-state index contributed by atoms with van der Waals surface area (Å²) in [5, 5.41) is 0. The van der Waals surface area contributed by atoms with Gasteiger partial charge in [0, 0.05) is 39.0 Å². The summed E-state index contributed by atoms with van der Waals surface area (Å²) < 4.78 is 16.0. The maximum absolute atomic E-state index is 12.9. The Morgan fingerprint density at radius 1 is 0.758 bits per heavy atom. The Bertz CT molecular complexity index is 929. The molecule has 2 amide bonds. The van der Waals surface area contributed by atoms with Crippen molar-refractivity contribution in [3.63, 3.8) is 0 Å². The summed E-state index contributed by atoms with van der Waals surface area (Å²) in [6.45, 7) is 2.52. The topological polar surface area (TPSA) is 68.3 Å². The van der Waals surface area contributed by atoms with Gasteiger partial charge in [0.25, 0.3) is 0 Å². The van der Waals surface area contributed by atoms with Crippen LogP contribution in [0.15, 0.2) is 42.5 Å². The number of carbonyl (C=O) groups is 2. The Labute approximate surface area is 196 Å². The molecule has 0 atom stereocenters. The van der Waals surface area contributed by atoms with E-state index in [2.05, 4.69) is 0 Å². The molecule has 1 aliphatic heterocycles. The molecule has 0 aliphatic carbocycles. The molecule has 0 spiro atoms. The third-order valence-corrected chi connectivity index (χ3v) is 6.08. The summed E-state index contributed by atoms with van der Waals surface area (Å²) in [5.74, 6) is 2.40. The zero-order valence-electron chi connectivity index (χ0n) is 19.8. The molecule has 0 unspecified atom stereocenters. The van der Waals surface area contributed by atoms with E-state index in [9.17, 15) is 9.59 Å². The molecule has 0 aromatic heterocycles. The van der Waals surface area contributed by atoms with Crippen LogP contribution in [0.25, 0.3) is 0 Å². The number of hydrogen-bond donors (Lipinski definition) is 0. The van der Waals surface area contributed by atoms with Gasteiger partial charge in [0.15, 0.2) is 11.5 Å². The number of hydrogen-bond acceptors (Lipinski definition) is 5. The maximum atomic E-state index is 12.9. The lowest BCUT2D eigenvalue weighted by Gasteiger charge is -2.22. The van der Waals surface area contributed by atoms with Crippen LogP contribution in [0.5, 0.6) is 17.2 Å². The van der Waals surface area contributed by atoms with Crippen molar-refractivity contribution in [1.29, 1.82) is 0 Å². The number of amides is 2. The maximum Gasteiger partial charge on any atom is 0.222 e. The van der Waals surface area contributed by atoms with Gasteiger partial charge in [-0.05, 0) is 48.6 Å². The zero-order chi connectivity index (χ0) is 23.6. The molecule has 3 rings (SSSR count). The van der Waals surface area contributed by atoms with Gasteiger partial charge in [0.05, 0.1) is 21.3 Å².